The molecule has 1 aliphatic carbocycles. The van der Waals surface area contributed by atoms with Crippen molar-refractivity contribution in [3.05, 3.63) is 11.3 Å². The van der Waals surface area contributed by atoms with Crippen LogP contribution in [0.15, 0.2) is 0 Å². The lowest BCUT2D eigenvalue weighted by Gasteiger charge is -2.22. The van der Waals surface area contributed by atoms with E-state index in [1.165, 1.54) is 24.1 Å². The lowest BCUT2D eigenvalue weighted by atomic mass is 10.1. The molecule has 2 heterocycles. The van der Waals surface area contributed by atoms with Crippen molar-refractivity contribution < 1.29 is 0 Å². The fourth-order valence-corrected chi connectivity index (χ4v) is 2.07. The first-order valence-electron chi connectivity index (χ1n) is 6.28. The molecule has 5 nitrogen and oxygen atoms in total. The van der Waals surface area contributed by atoms with E-state index in [-0.39, 0.29) is 0 Å². The summed E-state index contributed by atoms with van der Waals surface area (Å²) < 4.78 is 0. The van der Waals surface area contributed by atoms with Gasteiger partial charge in [0.2, 0.25) is 5.95 Å². The molecule has 3 rings (SSSR count). The molecular formula is C12H19N5. The smallest absolute Gasteiger partial charge is 0.227 e. The molecule has 17 heavy (non-hydrogen) atoms. The van der Waals surface area contributed by atoms with Crippen LogP contribution >= 0.6 is 0 Å². The molecule has 1 saturated carbocycles. The largest absolute Gasteiger partial charge is 0.367 e. The van der Waals surface area contributed by atoms with Gasteiger partial charge in [-0.1, -0.05) is 0 Å². The summed E-state index contributed by atoms with van der Waals surface area (Å²) in [5.41, 5.74) is 2.46. The summed E-state index contributed by atoms with van der Waals surface area (Å²) in [6.07, 6.45) is 3.53. The molecule has 0 aromatic carbocycles. The SMILES string of the molecule is CN(C)c1nc2c(c(NC3CC3)n1)CNCC2. The minimum absolute atomic E-state index is 0.630. The van der Waals surface area contributed by atoms with Gasteiger partial charge < -0.3 is 15.5 Å². The molecular weight excluding hydrogens is 214 g/mol. The van der Waals surface area contributed by atoms with Gasteiger partial charge in [-0.3, -0.25) is 0 Å². The van der Waals surface area contributed by atoms with Gasteiger partial charge in [0.25, 0.3) is 0 Å². The Bertz CT molecular complexity index is 425. The molecule has 0 amide bonds. The van der Waals surface area contributed by atoms with Crippen molar-refractivity contribution >= 4 is 11.8 Å². The van der Waals surface area contributed by atoms with E-state index in [1.807, 2.05) is 19.0 Å². The van der Waals surface area contributed by atoms with Gasteiger partial charge in [0.15, 0.2) is 0 Å². The maximum absolute atomic E-state index is 4.64. The van der Waals surface area contributed by atoms with Crippen LogP contribution in [0.2, 0.25) is 0 Å². The number of rotatable bonds is 3. The first-order valence-corrected chi connectivity index (χ1v) is 6.28. The van der Waals surface area contributed by atoms with Crippen molar-refractivity contribution in [1.29, 1.82) is 0 Å². The second kappa shape index (κ2) is 4.14. The minimum Gasteiger partial charge on any atom is -0.367 e. The topological polar surface area (TPSA) is 53.1 Å². The van der Waals surface area contributed by atoms with Crippen molar-refractivity contribution in [1.82, 2.24) is 15.3 Å². The normalized spacial score (nSPS) is 18.7. The lowest BCUT2D eigenvalue weighted by molar-refractivity contribution is 0.626. The van der Waals surface area contributed by atoms with E-state index in [0.29, 0.717) is 6.04 Å². The van der Waals surface area contributed by atoms with Crippen LogP contribution in [0.25, 0.3) is 0 Å². The average Bonchev–Trinajstić information content (AvgIpc) is 3.13. The molecule has 1 aromatic rings. The van der Waals surface area contributed by atoms with E-state index in [9.17, 15) is 0 Å². The van der Waals surface area contributed by atoms with Gasteiger partial charge in [0.1, 0.15) is 5.82 Å². The molecule has 1 aliphatic heterocycles. The fraction of sp³-hybridized carbons (Fsp3) is 0.667. The van der Waals surface area contributed by atoms with Crippen LogP contribution in [-0.2, 0) is 13.0 Å². The van der Waals surface area contributed by atoms with Gasteiger partial charge in [0.05, 0.1) is 5.69 Å². The molecule has 0 bridgehead atoms. The number of hydrogen-bond acceptors (Lipinski definition) is 5. The van der Waals surface area contributed by atoms with Crippen molar-refractivity contribution in [3.8, 4) is 0 Å². The molecule has 1 aromatic heterocycles. The van der Waals surface area contributed by atoms with Crippen LogP contribution in [0.4, 0.5) is 11.8 Å². The van der Waals surface area contributed by atoms with Crippen LogP contribution in [-0.4, -0.2) is 36.6 Å². The molecule has 2 aliphatic rings. The summed E-state index contributed by atoms with van der Waals surface area (Å²) in [4.78, 5) is 11.2. The van der Waals surface area contributed by atoms with Gasteiger partial charge in [0, 0.05) is 45.2 Å². The molecule has 2 N–H and O–H groups in total. The lowest BCUT2D eigenvalue weighted by Crippen LogP contribution is -2.28. The number of nitrogens with one attached hydrogen (secondary N) is 2. The third-order valence-corrected chi connectivity index (χ3v) is 3.24. The van der Waals surface area contributed by atoms with E-state index >= 15 is 0 Å². The number of fused-ring (bicyclic) bond motifs is 1. The molecule has 0 radical (unpaired) electrons. The Balaban J connectivity index is 1.99. The van der Waals surface area contributed by atoms with E-state index in [1.54, 1.807) is 0 Å². The van der Waals surface area contributed by atoms with E-state index < -0.39 is 0 Å². The zero-order valence-electron chi connectivity index (χ0n) is 10.5. The summed E-state index contributed by atoms with van der Waals surface area (Å²) in [6, 6.07) is 0.630. The number of nitrogens with zero attached hydrogens (tertiary/aromatic N) is 3. The van der Waals surface area contributed by atoms with Gasteiger partial charge in [-0.15, -0.1) is 0 Å². The maximum Gasteiger partial charge on any atom is 0.227 e. The standard InChI is InChI=1S/C12H19N5/c1-17(2)12-15-10-5-6-13-7-9(10)11(16-12)14-8-3-4-8/h8,13H,3-7H2,1-2H3,(H,14,15,16). The second-order valence-corrected chi connectivity index (χ2v) is 5.04. The maximum atomic E-state index is 4.64. The van der Waals surface area contributed by atoms with Crippen molar-refractivity contribution in [3.63, 3.8) is 0 Å². The highest BCUT2D eigenvalue weighted by Gasteiger charge is 2.25. The van der Waals surface area contributed by atoms with E-state index in [0.717, 1.165) is 31.3 Å². The Hall–Kier alpha value is -1.36. The summed E-state index contributed by atoms with van der Waals surface area (Å²) in [6.45, 7) is 1.90. The van der Waals surface area contributed by atoms with E-state index in [4.69, 9.17) is 0 Å². The number of anilines is 2. The Kier molecular flexibility index (Phi) is 2.63. The summed E-state index contributed by atoms with van der Waals surface area (Å²) in [7, 11) is 3.98. The average molecular weight is 233 g/mol. The quantitative estimate of drug-likeness (QED) is 0.807. The van der Waals surface area contributed by atoms with E-state index in [2.05, 4.69) is 20.6 Å². The fourth-order valence-electron chi connectivity index (χ4n) is 2.07. The minimum atomic E-state index is 0.630. The highest BCUT2D eigenvalue weighted by molar-refractivity contribution is 5.53. The molecule has 1 fully saturated rings. The predicted octanol–water partition coefficient (Wildman–Crippen LogP) is 0.763. The Morgan fingerprint density at radius 3 is 2.82 bits per heavy atom. The molecule has 0 atom stereocenters. The summed E-state index contributed by atoms with van der Waals surface area (Å²) in [5.74, 6) is 1.85. The second-order valence-electron chi connectivity index (χ2n) is 5.04. The zero-order valence-corrected chi connectivity index (χ0v) is 10.5. The number of hydrogen-bond donors (Lipinski definition) is 2. The van der Waals surface area contributed by atoms with Crippen molar-refractivity contribution in [2.24, 2.45) is 0 Å². The first kappa shape index (κ1) is 10.8. The zero-order chi connectivity index (χ0) is 11.8. The first-order chi connectivity index (χ1) is 8.24. The Morgan fingerprint density at radius 2 is 2.12 bits per heavy atom. The highest BCUT2D eigenvalue weighted by atomic mass is 15.2. The van der Waals surface area contributed by atoms with Crippen LogP contribution in [0.3, 0.4) is 0 Å². The number of aromatic nitrogens is 2. The third-order valence-electron chi connectivity index (χ3n) is 3.24. The highest BCUT2D eigenvalue weighted by Crippen LogP contribution is 2.28. The summed E-state index contributed by atoms with van der Waals surface area (Å²) in [5, 5.41) is 6.91. The molecule has 0 unspecified atom stereocenters. The van der Waals surface area contributed by atoms with Crippen LogP contribution < -0.4 is 15.5 Å². The monoisotopic (exact) mass is 233 g/mol. The van der Waals surface area contributed by atoms with Crippen LogP contribution in [0, 0.1) is 0 Å². The van der Waals surface area contributed by atoms with Crippen molar-refractivity contribution in [2.45, 2.75) is 31.8 Å². The van der Waals surface area contributed by atoms with Gasteiger partial charge in [-0.2, -0.15) is 4.98 Å². The molecule has 5 heteroatoms. The van der Waals surface area contributed by atoms with Crippen LogP contribution in [0.5, 0.6) is 0 Å². The molecule has 92 valence electrons. The summed E-state index contributed by atoms with van der Waals surface area (Å²) >= 11 is 0. The van der Waals surface area contributed by atoms with Gasteiger partial charge in [-0.25, -0.2) is 4.98 Å². The Morgan fingerprint density at radius 1 is 1.29 bits per heavy atom. The molecule has 0 spiro atoms. The van der Waals surface area contributed by atoms with Gasteiger partial charge in [-0.05, 0) is 12.8 Å². The molecule has 0 saturated heterocycles. The van der Waals surface area contributed by atoms with Crippen LogP contribution in [0.1, 0.15) is 24.1 Å². The van der Waals surface area contributed by atoms with Crippen molar-refractivity contribution in [2.75, 3.05) is 30.9 Å². The van der Waals surface area contributed by atoms with Gasteiger partial charge >= 0.3 is 0 Å². The third kappa shape index (κ3) is 2.20. The Labute approximate surface area is 102 Å². The predicted molar refractivity (Wildman–Crippen MR) is 68.4 cm³/mol.